The van der Waals surface area contributed by atoms with Gasteiger partial charge in [-0.25, -0.2) is 8.42 Å². The van der Waals surface area contributed by atoms with Gasteiger partial charge in [-0.05, 0) is 13.3 Å². The van der Waals surface area contributed by atoms with E-state index < -0.39 is 9.84 Å². The molecule has 1 aliphatic rings. The third-order valence-corrected chi connectivity index (χ3v) is 4.89. The second kappa shape index (κ2) is 7.95. The summed E-state index contributed by atoms with van der Waals surface area (Å²) in [5.41, 5.74) is 0. The highest BCUT2D eigenvalue weighted by molar-refractivity contribution is 7.91. The zero-order valence-corrected chi connectivity index (χ0v) is 13.4. The highest BCUT2D eigenvalue weighted by atomic mass is 32.2. The third kappa shape index (κ3) is 6.19. The molecule has 0 radical (unpaired) electrons. The summed E-state index contributed by atoms with van der Waals surface area (Å²) in [5, 5.41) is 3.20. The van der Waals surface area contributed by atoms with Crippen molar-refractivity contribution in [2.24, 2.45) is 0 Å². The molecule has 0 bridgehead atoms. The van der Waals surface area contributed by atoms with E-state index in [1.165, 1.54) is 0 Å². The maximum Gasteiger partial charge on any atom is 0.323 e. The van der Waals surface area contributed by atoms with Gasteiger partial charge in [-0.15, -0.1) is 0 Å². The lowest BCUT2D eigenvalue weighted by Crippen LogP contribution is -2.46. The molecule has 20 heavy (non-hydrogen) atoms. The first-order valence-electron chi connectivity index (χ1n) is 7.19. The van der Waals surface area contributed by atoms with Crippen molar-refractivity contribution >= 4 is 15.8 Å². The van der Waals surface area contributed by atoms with Crippen LogP contribution in [0.4, 0.5) is 0 Å². The van der Waals surface area contributed by atoms with Gasteiger partial charge in [0.1, 0.15) is 6.04 Å². The molecule has 0 aromatic rings. The maximum absolute atomic E-state index is 11.9. The number of nitrogens with zero attached hydrogens (tertiary/aromatic N) is 1. The summed E-state index contributed by atoms with van der Waals surface area (Å²) in [6.07, 6.45) is 0.636. The van der Waals surface area contributed by atoms with Crippen molar-refractivity contribution in [1.82, 2.24) is 10.2 Å². The fraction of sp³-hybridized carbons (Fsp3) is 0.923. The topological polar surface area (TPSA) is 75.7 Å². The average molecular weight is 306 g/mol. The van der Waals surface area contributed by atoms with Crippen molar-refractivity contribution in [1.29, 1.82) is 0 Å². The molecule has 0 aromatic carbocycles. The molecule has 1 N–H and O–H groups in total. The highest BCUT2D eigenvalue weighted by Crippen LogP contribution is 2.07. The van der Waals surface area contributed by atoms with Gasteiger partial charge < -0.3 is 15.0 Å². The number of carbonyl (C=O) groups is 1. The minimum Gasteiger partial charge on any atom is -0.465 e. The Morgan fingerprint density at radius 2 is 1.90 bits per heavy atom. The number of hydrogen-bond acceptors (Lipinski definition) is 6. The van der Waals surface area contributed by atoms with Crippen LogP contribution in [0.5, 0.6) is 0 Å². The van der Waals surface area contributed by atoms with Gasteiger partial charge in [-0.1, -0.05) is 13.8 Å². The SMILES string of the molecule is CCOC(=O)C(CCN1CCS(=O)(=O)CC1)NC(C)C. The third-order valence-electron chi connectivity index (χ3n) is 3.28. The van der Waals surface area contributed by atoms with Gasteiger partial charge in [0.2, 0.25) is 0 Å². The smallest absolute Gasteiger partial charge is 0.323 e. The summed E-state index contributed by atoms with van der Waals surface area (Å²) in [7, 11) is -2.85. The molecule has 0 aromatic heterocycles. The van der Waals surface area contributed by atoms with Gasteiger partial charge in [0, 0.05) is 25.7 Å². The summed E-state index contributed by atoms with van der Waals surface area (Å²) in [5.74, 6) is 0.203. The Balaban J connectivity index is 2.44. The molecule has 1 fully saturated rings. The lowest BCUT2D eigenvalue weighted by Gasteiger charge is -2.28. The van der Waals surface area contributed by atoms with Crippen LogP contribution in [0.1, 0.15) is 27.2 Å². The largest absolute Gasteiger partial charge is 0.465 e. The van der Waals surface area contributed by atoms with Crippen LogP contribution in [-0.2, 0) is 19.4 Å². The number of sulfone groups is 1. The Bertz CT molecular complexity index is 395. The molecule has 1 rings (SSSR count). The standard InChI is InChI=1S/C13H26N2O4S/c1-4-19-13(16)12(14-11(2)3)5-6-15-7-9-20(17,18)10-8-15/h11-12,14H,4-10H2,1-3H3. The zero-order chi connectivity index (χ0) is 15.2. The predicted molar refractivity (Wildman–Crippen MR) is 78.4 cm³/mol. The first-order valence-corrected chi connectivity index (χ1v) is 9.01. The number of nitrogens with one attached hydrogen (secondary N) is 1. The van der Waals surface area contributed by atoms with Crippen LogP contribution in [0.15, 0.2) is 0 Å². The van der Waals surface area contributed by atoms with Gasteiger partial charge in [0.05, 0.1) is 18.1 Å². The van der Waals surface area contributed by atoms with Crippen LogP contribution >= 0.6 is 0 Å². The Morgan fingerprint density at radius 3 is 2.40 bits per heavy atom. The first kappa shape index (κ1) is 17.4. The van der Waals surface area contributed by atoms with Gasteiger partial charge in [0.25, 0.3) is 0 Å². The number of esters is 1. The minimum atomic E-state index is -2.85. The summed E-state index contributed by atoms with van der Waals surface area (Å²) in [4.78, 5) is 13.9. The molecule has 1 aliphatic heterocycles. The lowest BCUT2D eigenvalue weighted by atomic mass is 10.1. The van der Waals surface area contributed by atoms with E-state index >= 15 is 0 Å². The van der Waals surface area contributed by atoms with Crippen LogP contribution in [0.3, 0.4) is 0 Å². The van der Waals surface area contributed by atoms with Crippen molar-refractivity contribution < 1.29 is 17.9 Å². The first-order chi connectivity index (χ1) is 9.34. The summed E-state index contributed by atoms with van der Waals surface area (Å²) in [6.45, 7) is 7.95. The number of rotatable bonds is 7. The van der Waals surface area contributed by atoms with E-state index in [1.807, 2.05) is 13.8 Å². The molecule has 0 spiro atoms. The quantitative estimate of drug-likeness (QED) is 0.669. The maximum atomic E-state index is 11.9. The highest BCUT2D eigenvalue weighted by Gasteiger charge is 2.25. The molecule has 1 atom stereocenters. The summed E-state index contributed by atoms with van der Waals surface area (Å²) >= 11 is 0. The van der Waals surface area contributed by atoms with E-state index in [0.717, 1.165) is 0 Å². The Hall–Kier alpha value is -0.660. The normalized spacial score (nSPS) is 20.8. The van der Waals surface area contributed by atoms with Gasteiger partial charge in [0.15, 0.2) is 9.84 Å². The average Bonchev–Trinajstić information content (AvgIpc) is 2.35. The van der Waals surface area contributed by atoms with E-state index in [-0.39, 0.29) is 29.6 Å². The van der Waals surface area contributed by atoms with Crippen LogP contribution in [0.25, 0.3) is 0 Å². The van der Waals surface area contributed by atoms with Crippen molar-refractivity contribution in [3.05, 3.63) is 0 Å². The van der Waals surface area contributed by atoms with Crippen LogP contribution in [0, 0.1) is 0 Å². The molecule has 0 amide bonds. The zero-order valence-electron chi connectivity index (χ0n) is 12.6. The molecule has 1 saturated heterocycles. The Kier molecular flexibility index (Phi) is 6.91. The molecule has 6 nitrogen and oxygen atoms in total. The molecular formula is C13H26N2O4S. The summed E-state index contributed by atoms with van der Waals surface area (Å²) < 4.78 is 27.8. The molecule has 7 heteroatoms. The molecular weight excluding hydrogens is 280 g/mol. The summed E-state index contributed by atoms with van der Waals surface area (Å²) in [6, 6.07) is -0.125. The number of carbonyl (C=O) groups excluding carboxylic acids is 1. The van der Waals surface area contributed by atoms with Crippen molar-refractivity contribution in [2.45, 2.75) is 39.3 Å². The van der Waals surface area contributed by atoms with Crippen molar-refractivity contribution in [2.75, 3.05) is 37.7 Å². The fourth-order valence-corrected chi connectivity index (χ4v) is 3.48. The van der Waals surface area contributed by atoms with Crippen molar-refractivity contribution in [3.8, 4) is 0 Å². The monoisotopic (exact) mass is 306 g/mol. The van der Waals surface area contributed by atoms with Gasteiger partial charge in [-0.3, -0.25) is 4.79 Å². The van der Waals surface area contributed by atoms with E-state index in [1.54, 1.807) is 6.92 Å². The molecule has 0 aliphatic carbocycles. The van der Waals surface area contributed by atoms with Gasteiger partial charge >= 0.3 is 5.97 Å². The predicted octanol–water partition coefficient (Wildman–Crippen LogP) is 0.0366. The van der Waals surface area contributed by atoms with E-state index in [2.05, 4.69) is 10.2 Å². The Labute approximate surface area is 121 Å². The fourth-order valence-electron chi connectivity index (χ4n) is 2.20. The van der Waals surface area contributed by atoms with Crippen LogP contribution in [-0.4, -0.2) is 69.1 Å². The van der Waals surface area contributed by atoms with E-state index in [9.17, 15) is 13.2 Å². The molecule has 1 heterocycles. The Morgan fingerprint density at radius 1 is 1.30 bits per heavy atom. The van der Waals surface area contributed by atoms with Crippen molar-refractivity contribution in [3.63, 3.8) is 0 Å². The second-order valence-electron chi connectivity index (χ2n) is 5.41. The lowest BCUT2D eigenvalue weighted by molar-refractivity contribution is -0.146. The van der Waals surface area contributed by atoms with Gasteiger partial charge in [-0.2, -0.15) is 0 Å². The van der Waals surface area contributed by atoms with E-state index in [0.29, 0.717) is 32.7 Å². The molecule has 118 valence electrons. The number of hydrogen-bond donors (Lipinski definition) is 1. The minimum absolute atomic E-state index is 0.200. The molecule has 0 saturated carbocycles. The van der Waals surface area contributed by atoms with E-state index in [4.69, 9.17) is 4.74 Å². The van der Waals surface area contributed by atoms with Crippen LogP contribution < -0.4 is 5.32 Å². The second-order valence-corrected chi connectivity index (χ2v) is 7.71. The van der Waals surface area contributed by atoms with Crippen LogP contribution in [0.2, 0.25) is 0 Å². The number of ether oxygens (including phenoxy) is 1. The molecule has 1 unspecified atom stereocenters.